The van der Waals surface area contributed by atoms with E-state index < -0.39 is 6.17 Å². The van der Waals surface area contributed by atoms with Crippen LogP contribution in [0, 0.1) is 0 Å². The first-order valence-corrected chi connectivity index (χ1v) is 14.6. The molecule has 6 aromatic carbocycles. The topological polar surface area (TPSA) is 61.9 Å². The van der Waals surface area contributed by atoms with Gasteiger partial charge in [-0.1, -0.05) is 115 Å². The first kappa shape index (κ1) is 24.0. The number of hydrogen-bond acceptors (Lipinski definition) is 5. The fraction of sp³-hybridized carbons (Fsp3) is 0.0526. The average molecular weight is 555 g/mol. The lowest BCUT2D eigenvalue weighted by Gasteiger charge is -2.23. The Morgan fingerprint density at radius 3 is 2.26 bits per heavy atom. The standard InChI is InChI=1S/C38H26N4O/c1-2-9-26(10-3-1)35-40-36(42-37(41-35)29-12-6-14-32-34(29)30-13-7-21-39-38(30)43-32)27-20-17-24-16-19-25-18-15-23-8-4-5-11-28(23)33(25)31(24)22-27/h1-20,22,37,39H,21H2,(H,40,41,42). The molecule has 9 rings (SSSR count). The molecule has 0 aliphatic carbocycles. The number of benzene rings is 6. The summed E-state index contributed by atoms with van der Waals surface area (Å²) in [6.07, 6.45) is 3.80. The maximum absolute atomic E-state index is 6.19. The highest BCUT2D eigenvalue weighted by Gasteiger charge is 2.26. The van der Waals surface area contributed by atoms with Crippen LogP contribution in [0.5, 0.6) is 0 Å². The van der Waals surface area contributed by atoms with E-state index in [1.165, 1.54) is 32.3 Å². The van der Waals surface area contributed by atoms with Crippen LogP contribution in [0.4, 0.5) is 5.88 Å². The van der Waals surface area contributed by atoms with Crippen molar-refractivity contribution in [2.24, 2.45) is 9.98 Å². The van der Waals surface area contributed by atoms with Gasteiger partial charge >= 0.3 is 0 Å². The SMILES string of the molecule is C1=Cc2c(oc3cccc(C4N=C(c5ccccc5)NC(c5ccc6ccc7ccc8ccccc8c7c6c5)=N4)c23)NC1. The summed E-state index contributed by atoms with van der Waals surface area (Å²) in [6, 6.07) is 40.5. The second-order valence-electron chi connectivity index (χ2n) is 11.1. The monoisotopic (exact) mass is 554 g/mol. The van der Waals surface area contributed by atoms with Gasteiger partial charge in [0, 0.05) is 34.2 Å². The Hall–Kier alpha value is -5.68. The molecule has 0 fully saturated rings. The lowest BCUT2D eigenvalue weighted by Crippen LogP contribution is -2.36. The van der Waals surface area contributed by atoms with E-state index in [4.69, 9.17) is 14.4 Å². The highest BCUT2D eigenvalue weighted by atomic mass is 16.3. The Balaban J connectivity index is 1.26. The summed E-state index contributed by atoms with van der Waals surface area (Å²) in [4.78, 5) is 10.4. The maximum Gasteiger partial charge on any atom is 0.201 e. The van der Waals surface area contributed by atoms with Gasteiger partial charge in [0.25, 0.3) is 0 Å². The highest BCUT2D eigenvalue weighted by Crippen LogP contribution is 2.39. The number of anilines is 1. The summed E-state index contributed by atoms with van der Waals surface area (Å²) in [5.74, 6) is 2.38. The zero-order chi connectivity index (χ0) is 28.3. The highest BCUT2D eigenvalue weighted by molar-refractivity contribution is 6.22. The number of aliphatic imine (C=N–C) groups is 2. The normalized spacial score (nSPS) is 16.1. The average Bonchev–Trinajstić information content (AvgIpc) is 3.47. The molecule has 7 aromatic rings. The number of rotatable bonds is 3. The Kier molecular flexibility index (Phi) is 5.26. The van der Waals surface area contributed by atoms with Gasteiger partial charge in [-0.15, -0.1) is 0 Å². The van der Waals surface area contributed by atoms with Gasteiger partial charge in [0.1, 0.15) is 17.3 Å². The minimum Gasteiger partial charge on any atom is -0.440 e. The van der Waals surface area contributed by atoms with Crippen LogP contribution in [0.25, 0.3) is 49.4 Å². The van der Waals surface area contributed by atoms with Crippen LogP contribution in [0.2, 0.25) is 0 Å². The Morgan fingerprint density at radius 1 is 0.628 bits per heavy atom. The number of furan rings is 1. The second kappa shape index (κ2) is 9.43. The number of nitrogens with one attached hydrogen (secondary N) is 2. The molecule has 5 nitrogen and oxygen atoms in total. The molecule has 0 bridgehead atoms. The second-order valence-corrected chi connectivity index (χ2v) is 11.1. The Bertz CT molecular complexity index is 2320. The van der Waals surface area contributed by atoms with Crippen molar-refractivity contribution in [3.8, 4) is 0 Å². The molecule has 0 saturated carbocycles. The van der Waals surface area contributed by atoms with Crippen molar-refractivity contribution in [3.63, 3.8) is 0 Å². The lowest BCUT2D eigenvalue weighted by atomic mass is 9.95. The molecule has 0 spiro atoms. The summed E-state index contributed by atoms with van der Waals surface area (Å²) in [5.41, 5.74) is 4.93. The zero-order valence-corrected chi connectivity index (χ0v) is 23.2. The fourth-order valence-electron chi connectivity index (χ4n) is 6.49. The van der Waals surface area contributed by atoms with Gasteiger partial charge in [-0.2, -0.15) is 0 Å². The predicted octanol–water partition coefficient (Wildman–Crippen LogP) is 8.83. The first-order valence-electron chi connectivity index (χ1n) is 14.6. The molecular weight excluding hydrogens is 528 g/mol. The number of hydrogen-bond donors (Lipinski definition) is 2. The van der Waals surface area contributed by atoms with Crippen LogP contribution < -0.4 is 10.6 Å². The third-order valence-electron chi connectivity index (χ3n) is 8.51. The molecule has 1 atom stereocenters. The summed E-state index contributed by atoms with van der Waals surface area (Å²) >= 11 is 0. The number of nitrogens with zero attached hydrogens (tertiary/aromatic N) is 2. The molecule has 1 unspecified atom stereocenters. The summed E-state index contributed by atoms with van der Waals surface area (Å²) in [6.45, 7) is 0.750. The molecule has 1 aromatic heterocycles. The van der Waals surface area contributed by atoms with Crippen molar-refractivity contribution >= 4 is 66.9 Å². The third-order valence-corrected chi connectivity index (χ3v) is 8.51. The summed E-state index contributed by atoms with van der Waals surface area (Å²) in [5, 5.41) is 15.4. The van der Waals surface area contributed by atoms with Crippen molar-refractivity contribution in [2.45, 2.75) is 6.17 Å². The first-order chi connectivity index (χ1) is 21.3. The van der Waals surface area contributed by atoms with E-state index in [9.17, 15) is 0 Å². The Labute approximate surface area is 247 Å². The van der Waals surface area contributed by atoms with Crippen molar-refractivity contribution in [3.05, 3.63) is 144 Å². The lowest BCUT2D eigenvalue weighted by molar-refractivity contribution is 0.627. The van der Waals surface area contributed by atoms with Gasteiger partial charge in [0.15, 0.2) is 6.17 Å². The van der Waals surface area contributed by atoms with E-state index >= 15 is 0 Å². The van der Waals surface area contributed by atoms with Crippen LogP contribution in [0.1, 0.15) is 28.4 Å². The largest absolute Gasteiger partial charge is 0.440 e. The number of amidine groups is 2. The van der Waals surface area contributed by atoms with Crippen LogP contribution in [0.15, 0.2) is 136 Å². The van der Waals surface area contributed by atoms with E-state index in [-0.39, 0.29) is 0 Å². The molecule has 3 heterocycles. The van der Waals surface area contributed by atoms with E-state index in [0.29, 0.717) is 0 Å². The van der Waals surface area contributed by atoms with Crippen LogP contribution in [0.3, 0.4) is 0 Å². The van der Waals surface area contributed by atoms with Crippen LogP contribution >= 0.6 is 0 Å². The maximum atomic E-state index is 6.19. The molecule has 2 aliphatic heterocycles. The van der Waals surface area contributed by atoms with Gasteiger partial charge in [-0.3, -0.25) is 0 Å². The molecule has 43 heavy (non-hydrogen) atoms. The minimum absolute atomic E-state index is 0.448. The molecule has 5 heteroatoms. The van der Waals surface area contributed by atoms with Crippen molar-refractivity contribution in [2.75, 3.05) is 11.9 Å². The minimum atomic E-state index is -0.448. The van der Waals surface area contributed by atoms with E-state index in [2.05, 4.69) is 108 Å². The Morgan fingerprint density at radius 2 is 1.37 bits per heavy atom. The van der Waals surface area contributed by atoms with E-state index in [1.807, 2.05) is 30.3 Å². The van der Waals surface area contributed by atoms with Crippen molar-refractivity contribution in [1.82, 2.24) is 5.32 Å². The van der Waals surface area contributed by atoms with Crippen molar-refractivity contribution in [1.29, 1.82) is 0 Å². The molecule has 204 valence electrons. The molecule has 0 saturated heterocycles. The predicted molar refractivity (Wildman–Crippen MR) is 178 cm³/mol. The molecule has 2 N–H and O–H groups in total. The van der Waals surface area contributed by atoms with Gasteiger partial charge in [-0.25, -0.2) is 9.98 Å². The molecule has 2 aliphatic rings. The van der Waals surface area contributed by atoms with Crippen LogP contribution in [-0.4, -0.2) is 18.2 Å². The summed E-state index contributed by atoms with van der Waals surface area (Å²) in [7, 11) is 0. The van der Waals surface area contributed by atoms with Gasteiger partial charge < -0.3 is 15.1 Å². The quantitative estimate of drug-likeness (QED) is 0.215. The van der Waals surface area contributed by atoms with E-state index in [1.54, 1.807) is 0 Å². The summed E-state index contributed by atoms with van der Waals surface area (Å²) < 4.78 is 6.19. The fourth-order valence-corrected chi connectivity index (χ4v) is 6.49. The van der Waals surface area contributed by atoms with E-state index in [0.717, 1.165) is 57.3 Å². The zero-order valence-electron chi connectivity index (χ0n) is 23.2. The smallest absolute Gasteiger partial charge is 0.201 e. The van der Waals surface area contributed by atoms with Gasteiger partial charge in [-0.05, 0) is 44.5 Å². The molecule has 0 radical (unpaired) electrons. The van der Waals surface area contributed by atoms with Crippen LogP contribution in [-0.2, 0) is 0 Å². The number of fused-ring (bicyclic) bond motifs is 8. The molecule has 0 amide bonds. The van der Waals surface area contributed by atoms with Gasteiger partial charge in [0.05, 0.1) is 0 Å². The van der Waals surface area contributed by atoms with Gasteiger partial charge in [0.2, 0.25) is 5.88 Å². The molecular formula is C38H26N4O. The van der Waals surface area contributed by atoms with Crippen molar-refractivity contribution < 1.29 is 4.42 Å². The third kappa shape index (κ3) is 3.86.